The van der Waals surface area contributed by atoms with Gasteiger partial charge in [0.15, 0.2) is 0 Å². The Morgan fingerprint density at radius 1 is 1.08 bits per heavy atom. The molecule has 4 nitrogen and oxygen atoms in total. The molecule has 2 aromatic carbocycles. The van der Waals surface area contributed by atoms with E-state index in [2.05, 4.69) is 77.5 Å². The van der Waals surface area contributed by atoms with Gasteiger partial charge in [-0.05, 0) is 36.6 Å². The van der Waals surface area contributed by atoms with Crippen LogP contribution in [0.3, 0.4) is 0 Å². The van der Waals surface area contributed by atoms with Gasteiger partial charge in [0, 0.05) is 25.7 Å². The summed E-state index contributed by atoms with van der Waals surface area (Å²) in [6.45, 7) is 6.21. The van der Waals surface area contributed by atoms with Crippen LogP contribution < -0.4 is 16.0 Å². The van der Waals surface area contributed by atoms with Gasteiger partial charge in [-0.3, -0.25) is 0 Å². The summed E-state index contributed by atoms with van der Waals surface area (Å²) in [5, 5.41) is 11.6. The summed E-state index contributed by atoms with van der Waals surface area (Å²) < 4.78 is 0. The normalized spacial score (nSPS) is 12.4. The molecular formula is C20H27N3O. The first-order valence-electron chi connectivity index (χ1n) is 8.60. The van der Waals surface area contributed by atoms with E-state index in [4.69, 9.17) is 0 Å². The maximum Gasteiger partial charge on any atom is 0.314 e. The topological polar surface area (TPSA) is 53.2 Å². The first-order valence-corrected chi connectivity index (χ1v) is 8.60. The van der Waals surface area contributed by atoms with Gasteiger partial charge in [-0.2, -0.15) is 0 Å². The van der Waals surface area contributed by atoms with E-state index in [1.165, 1.54) is 16.3 Å². The van der Waals surface area contributed by atoms with E-state index in [0.717, 1.165) is 13.0 Å². The van der Waals surface area contributed by atoms with Crippen molar-refractivity contribution in [2.45, 2.75) is 26.3 Å². The van der Waals surface area contributed by atoms with Gasteiger partial charge in [-0.25, -0.2) is 4.79 Å². The van der Waals surface area contributed by atoms with Crippen LogP contribution in [0.15, 0.2) is 54.6 Å². The van der Waals surface area contributed by atoms with Crippen molar-refractivity contribution in [3.8, 4) is 0 Å². The molecule has 0 aliphatic carbocycles. The molecule has 24 heavy (non-hydrogen) atoms. The van der Waals surface area contributed by atoms with Crippen molar-refractivity contribution >= 4 is 16.8 Å². The largest absolute Gasteiger partial charge is 0.338 e. The van der Waals surface area contributed by atoms with Gasteiger partial charge >= 0.3 is 6.03 Å². The van der Waals surface area contributed by atoms with Crippen LogP contribution in [0.4, 0.5) is 4.79 Å². The molecule has 0 aliphatic heterocycles. The second kappa shape index (κ2) is 9.73. The van der Waals surface area contributed by atoms with E-state index in [0.29, 0.717) is 13.1 Å². The fourth-order valence-corrected chi connectivity index (χ4v) is 2.68. The average molecular weight is 325 g/mol. The molecule has 2 aromatic rings. The first kappa shape index (κ1) is 18.0. The monoisotopic (exact) mass is 325 g/mol. The maximum absolute atomic E-state index is 11.2. The summed E-state index contributed by atoms with van der Waals surface area (Å²) in [5.74, 6) is 0. The van der Waals surface area contributed by atoms with Crippen LogP contribution in [0.25, 0.3) is 10.8 Å². The average Bonchev–Trinajstić information content (AvgIpc) is 2.60. The van der Waals surface area contributed by atoms with E-state index in [1.54, 1.807) is 0 Å². The number of hydrogen-bond acceptors (Lipinski definition) is 2. The number of amides is 2. The van der Waals surface area contributed by atoms with Crippen LogP contribution in [0.5, 0.6) is 0 Å². The molecule has 0 radical (unpaired) electrons. The third-order valence-corrected chi connectivity index (χ3v) is 3.93. The highest BCUT2D eigenvalue weighted by molar-refractivity contribution is 5.86. The SMILES string of the molecule is CCNC(=O)NCC/C=C/CN[C@H](C)c1cccc2ccccc12. The van der Waals surface area contributed by atoms with E-state index >= 15 is 0 Å². The van der Waals surface area contributed by atoms with Gasteiger partial charge < -0.3 is 16.0 Å². The Kier molecular flexibility index (Phi) is 7.30. The number of hydrogen-bond donors (Lipinski definition) is 3. The fraction of sp³-hybridized carbons (Fsp3) is 0.350. The Hall–Kier alpha value is -2.33. The number of benzene rings is 2. The Balaban J connectivity index is 1.76. The van der Waals surface area contributed by atoms with E-state index in [9.17, 15) is 4.79 Å². The minimum Gasteiger partial charge on any atom is -0.338 e. The van der Waals surface area contributed by atoms with Crippen molar-refractivity contribution in [3.63, 3.8) is 0 Å². The van der Waals surface area contributed by atoms with Crippen molar-refractivity contribution in [2.24, 2.45) is 0 Å². The molecular weight excluding hydrogens is 298 g/mol. The summed E-state index contributed by atoms with van der Waals surface area (Å²) >= 11 is 0. The molecule has 0 spiro atoms. The summed E-state index contributed by atoms with van der Waals surface area (Å²) in [5.41, 5.74) is 1.32. The molecule has 0 unspecified atom stereocenters. The lowest BCUT2D eigenvalue weighted by Crippen LogP contribution is -2.35. The molecule has 1 atom stereocenters. The predicted molar refractivity (Wildman–Crippen MR) is 101 cm³/mol. The Labute approximate surface area is 144 Å². The highest BCUT2D eigenvalue weighted by atomic mass is 16.2. The van der Waals surface area contributed by atoms with Crippen LogP contribution in [0.1, 0.15) is 31.9 Å². The minimum absolute atomic E-state index is 0.103. The fourth-order valence-electron chi connectivity index (χ4n) is 2.68. The third kappa shape index (κ3) is 5.39. The molecule has 0 saturated carbocycles. The third-order valence-electron chi connectivity index (χ3n) is 3.93. The summed E-state index contributed by atoms with van der Waals surface area (Å²) in [4.78, 5) is 11.2. The van der Waals surface area contributed by atoms with E-state index < -0.39 is 0 Å². The van der Waals surface area contributed by atoms with E-state index in [-0.39, 0.29) is 12.1 Å². The van der Waals surface area contributed by atoms with Crippen molar-refractivity contribution in [3.05, 3.63) is 60.2 Å². The van der Waals surface area contributed by atoms with Gasteiger partial charge in [-0.1, -0.05) is 54.6 Å². The standard InChI is InChI=1S/C20H27N3O/c1-3-21-20(24)23-15-8-4-7-14-22-16(2)18-13-9-11-17-10-5-6-12-19(17)18/h4-7,9-13,16,22H,3,8,14-15H2,1-2H3,(H2,21,23,24)/b7-4+/t16-/m1/s1. The zero-order chi connectivity index (χ0) is 17.2. The van der Waals surface area contributed by atoms with Gasteiger partial charge in [0.2, 0.25) is 0 Å². The molecule has 0 heterocycles. The van der Waals surface area contributed by atoms with Gasteiger partial charge in [0.05, 0.1) is 0 Å². The Morgan fingerprint density at radius 2 is 1.88 bits per heavy atom. The predicted octanol–water partition coefficient (Wildman–Crippen LogP) is 3.76. The number of nitrogens with one attached hydrogen (secondary N) is 3. The summed E-state index contributed by atoms with van der Waals surface area (Å²) in [7, 11) is 0. The molecule has 0 bridgehead atoms. The second-order valence-corrected chi connectivity index (χ2v) is 5.74. The van der Waals surface area contributed by atoms with E-state index in [1.807, 2.05) is 6.92 Å². The molecule has 3 N–H and O–H groups in total. The van der Waals surface area contributed by atoms with Crippen molar-refractivity contribution in [1.29, 1.82) is 0 Å². The van der Waals surface area contributed by atoms with Crippen LogP contribution in [0, 0.1) is 0 Å². The van der Waals surface area contributed by atoms with Crippen molar-refractivity contribution < 1.29 is 4.79 Å². The molecule has 0 saturated heterocycles. The minimum atomic E-state index is -0.103. The molecule has 0 aliphatic rings. The lowest BCUT2D eigenvalue weighted by molar-refractivity contribution is 0.241. The van der Waals surface area contributed by atoms with Crippen LogP contribution >= 0.6 is 0 Å². The van der Waals surface area contributed by atoms with Crippen LogP contribution in [-0.2, 0) is 0 Å². The second-order valence-electron chi connectivity index (χ2n) is 5.74. The molecule has 128 valence electrons. The van der Waals surface area contributed by atoms with Crippen molar-refractivity contribution in [2.75, 3.05) is 19.6 Å². The van der Waals surface area contributed by atoms with Gasteiger partial charge in [0.1, 0.15) is 0 Å². The Morgan fingerprint density at radius 3 is 2.71 bits per heavy atom. The highest BCUT2D eigenvalue weighted by Crippen LogP contribution is 2.23. The molecule has 4 heteroatoms. The van der Waals surface area contributed by atoms with Gasteiger partial charge in [0.25, 0.3) is 0 Å². The zero-order valence-corrected chi connectivity index (χ0v) is 14.5. The number of carbonyl (C=O) groups excluding carboxylic acids is 1. The lowest BCUT2D eigenvalue weighted by Gasteiger charge is -2.15. The van der Waals surface area contributed by atoms with Crippen molar-refractivity contribution in [1.82, 2.24) is 16.0 Å². The molecule has 0 fully saturated rings. The molecule has 0 aromatic heterocycles. The lowest BCUT2D eigenvalue weighted by atomic mass is 10.00. The smallest absolute Gasteiger partial charge is 0.314 e. The number of carbonyl (C=O) groups is 1. The first-order chi connectivity index (χ1) is 11.7. The zero-order valence-electron chi connectivity index (χ0n) is 14.5. The van der Waals surface area contributed by atoms with Gasteiger partial charge in [-0.15, -0.1) is 0 Å². The maximum atomic E-state index is 11.2. The summed E-state index contributed by atoms with van der Waals surface area (Å²) in [6, 6.07) is 15.1. The number of urea groups is 1. The molecule has 2 rings (SSSR count). The molecule has 2 amide bonds. The Bertz CT molecular complexity index is 676. The van der Waals surface area contributed by atoms with Crippen LogP contribution in [-0.4, -0.2) is 25.7 Å². The summed E-state index contributed by atoms with van der Waals surface area (Å²) in [6.07, 6.45) is 5.04. The number of rotatable bonds is 8. The van der Waals surface area contributed by atoms with Crippen LogP contribution in [0.2, 0.25) is 0 Å². The highest BCUT2D eigenvalue weighted by Gasteiger charge is 2.07. The number of fused-ring (bicyclic) bond motifs is 1. The quantitative estimate of drug-likeness (QED) is 0.511.